The smallest absolute Gasteiger partial charge is 0.410 e. The van der Waals surface area contributed by atoms with Crippen LogP contribution in [0.4, 0.5) is 4.79 Å². The lowest BCUT2D eigenvalue weighted by Gasteiger charge is -2.21. The van der Waals surface area contributed by atoms with E-state index in [0.29, 0.717) is 13.0 Å². The number of allylic oxidation sites excluding steroid dienone is 4. The fourth-order valence-electron chi connectivity index (χ4n) is 3.59. The molecule has 1 fully saturated rings. The highest BCUT2D eigenvalue weighted by atomic mass is 16.6. The SMILES string of the molecule is O=C(O)[C@@H]1CC(CCC2=CCCC=C2)CN1C(=O)OCc1ccccc1. The fraction of sp³-hybridized carbons (Fsp3) is 0.429. The third-order valence-electron chi connectivity index (χ3n) is 5.03. The number of carboxylic acid groups (broad SMARTS) is 1. The molecule has 0 bridgehead atoms. The highest BCUT2D eigenvalue weighted by Crippen LogP contribution is 2.30. The van der Waals surface area contributed by atoms with Crippen LogP contribution in [0, 0.1) is 5.92 Å². The van der Waals surface area contributed by atoms with E-state index in [2.05, 4.69) is 18.2 Å². The quantitative estimate of drug-likeness (QED) is 0.832. The van der Waals surface area contributed by atoms with E-state index in [9.17, 15) is 14.7 Å². The maximum Gasteiger partial charge on any atom is 0.410 e. The topological polar surface area (TPSA) is 66.8 Å². The van der Waals surface area contributed by atoms with Gasteiger partial charge in [-0.25, -0.2) is 9.59 Å². The summed E-state index contributed by atoms with van der Waals surface area (Å²) in [5.41, 5.74) is 2.20. The van der Waals surface area contributed by atoms with E-state index in [1.165, 1.54) is 10.5 Å². The number of hydrogen-bond acceptors (Lipinski definition) is 3. The molecule has 1 saturated heterocycles. The Labute approximate surface area is 154 Å². The molecule has 3 rings (SSSR count). The summed E-state index contributed by atoms with van der Waals surface area (Å²) in [6.07, 6.45) is 10.5. The van der Waals surface area contributed by atoms with Crippen LogP contribution in [0.3, 0.4) is 0 Å². The van der Waals surface area contributed by atoms with Crippen LogP contribution >= 0.6 is 0 Å². The first-order chi connectivity index (χ1) is 12.6. The molecule has 0 aromatic heterocycles. The van der Waals surface area contributed by atoms with Crippen molar-refractivity contribution < 1.29 is 19.4 Å². The van der Waals surface area contributed by atoms with E-state index in [-0.39, 0.29) is 12.5 Å². The minimum absolute atomic E-state index is 0.158. The van der Waals surface area contributed by atoms with Crippen molar-refractivity contribution >= 4 is 12.1 Å². The van der Waals surface area contributed by atoms with Gasteiger partial charge in [-0.3, -0.25) is 4.90 Å². The molecule has 26 heavy (non-hydrogen) atoms. The average molecular weight is 355 g/mol. The number of benzene rings is 1. The number of rotatable bonds is 6. The standard InChI is InChI=1S/C21H25NO4/c23-20(24)19-13-18(12-11-16-7-3-1-4-8-16)14-22(19)21(25)26-15-17-9-5-2-6-10-17/h2-3,5-10,18-19H,1,4,11-15H2,(H,23,24)/t18?,19-/m0/s1. The van der Waals surface area contributed by atoms with Gasteiger partial charge in [-0.2, -0.15) is 0 Å². The van der Waals surface area contributed by atoms with Gasteiger partial charge in [0.1, 0.15) is 12.6 Å². The molecule has 1 aromatic rings. The Hall–Kier alpha value is -2.56. The first kappa shape index (κ1) is 18.2. The van der Waals surface area contributed by atoms with Crippen molar-refractivity contribution in [1.29, 1.82) is 0 Å². The van der Waals surface area contributed by atoms with Gasteiger partial charge in [0, 0.05) is 6.54 Å². The molecule has 1 amide bonds. The summed E-state index contributed by atoms with van der Waals surface area (Å²) in [4.78, 5) is 25.3. The highest BCUT2D eigenvalue weighted by molar-refractivity contribution is 5.80. The number of likely N-dealkylation sites (tertiary alicyclic amines) is 1. The number of nitrogens with zero attached hydrogens (tertiary/aromatic N) is 1. The van der Waals surface area contributed by atoms with Crippen LogP contribution in [-0.4, -0.2) is 34.7 Å². The lowest BCUT2D eigenvalue weighted by Crippen LogP contribution is -2.40. The largest absolute Gasteiger partial charge is 0.480 e. The Balaban J connectivity index is 1.54. The van der Waals surface area contributed by atoms with Gasteiger partial charge in [0.15, 0.2) is 0 Å². The van der Waals surface area contributed by atoms with Gasteiger partial charge < -0.3 is 9.84 Å². The summed E-state index contributed by atoms with van der Waals surface area (Å²) in [6.45, 7) is 0.604. The van der Waals surface area contributed by atoms with E-state index < -0.39 is 18.1 Å². The van der Waals surface area contributed by atoms with E-state index in [1.54, 1.807) is 0 Å². The van der Waals surface area contributed by atoms with Crippen molar-refractivity contribution in [3.05, 3.63) is 59.7 Å². The van der Waals surface area contributed by atoms with Gasteiger partial charge in [0.25, 0.3) is 0 Å². The van der Waals surface area contributed by atoms with Crippen LogP contribution in [0.25, 0.3) is 0 Å². The monoisotopic (exact) mass is 355 g/mol. The summed E-state index contributed by atoms with van der Waals surface area (Å²) in [7, 11) is 0. The molecule has 5 nitrogen and oxygen atoms in total. The molecule has 1 aromatic carbocycles. The summed E-state index contributed by atoms with van der Waals surface area (Å²) in [5, 5.41) is 9.48. The normalized spacial score (nSPS) is 22.2. The van der Waals surface area contributed by atoms with E-state index in [4.69, 9.17) is 4.74 Å². The molecule has 1 aliphatic heterocycles. The predicted molar refractivity (Wildman–Crippen MR) is 98.6 cm³/mol. The molecule has 0 spiro atoms. The van der Waals surface area contributed by atoms with Gasteiger partial charge in [-0.05, 0) is 43.6 Å². The van der Waals surface area contributed by atoms with Gasteiger partial charge in [-0.15, -0.1) is 0 Å². The zero-order valence-corrected chi connectivity index (χ0v) is 14.8. The Morgan fingerprint density at radius 3 is 2.69 bits per heavy atom. The first-order valence-electron chi connectivity index (χ1n) is 9.19. The van der Waals surface area contributed by atoms with Crippen LogP contribution < -0.4 is 0 Å². The molecule has 1 N–H and O–H groups in total. The Bertz CT molecular complexity index is 695. The van der Waals surface area contributed by atoms with Crippen molar-refractivity contribution in [3.8, 4) is 0 Å². The number of hydrogen-bond donors (Lipinski definition) is 1. The van der Waals surface area contributed by atoms with Gasteiger partial charge in [0.2, 0.25) is 0 Å². The number of carbonyl (C=O) groups excluding carboxylic acids is 1. The summed E-state index contributed by atoms with van der Waals surface area (Å²) >= 11 is 0. The zero-order chi connectivity index (χ0) is 18.4. The van der Waals surface area contributed by atoms with Crippen molar-refractivity contribution in [1.82, 2.24) is 4.90 Å². The Kier molecular flexibility index (Phi) is 6.10. The minimum Gasteiger partial charge on any atom is -0.480 e. The fourth-order valence-corrected chi connectivity index (χ4v) is 3.59. The van der Waals surface area contributed by atoms with Crippen LogP contribution in [-0.2, 0) is 16.1 Å². The molecule has 1 aliphatic carbocycles. The molecule has 138 valence electrons. The third kappa shape index (κ3) is 4.75. The van der Waals surface area contributed by atoms with Gasteiger partial charge in [-0.1, -0.05) is 54.1 Å². The second-order valence-corrected chi connectivity index (χ2v) is 6.95. The predicted octanol–water partition coefficient (Wildman–Crippen LogP) is 4.15. The second kappa shape index (κ2) is 8.70. The maximum atomic E-state index is 12.4. The number of ether oxygens (including phenoxy) is 1. The molecular formula is C21H25NO4. The minimum atomic E-state index is -0.957. The van der Waals surface area contributed by atoms with E-state index in [1.807, 2.05) is 30.3 Å². The Morgan fingerprint density at radius 1 is 1.19 bits per heavy atom. The summed E-state index contributed by atoms with van der Waals surface area (Å²) < 4.78 is 5.34. The van der Waals surface area contributed by atoms with Crippen molar-refractivity contribution in [2.75, 3.05) is 6.54 Å². The van der Waals surface area contributed by atoms with Crippen LogP contribution in [0.1, 0.15) is 37.7 Å². The maximum absolute atomic E-state index is 12.4. The average Bonchev–Trinajstić information content (AvgIpc) is 3.11. The first-order valence-corrected chi connectivity index (χ1v) is 9.19. The summed E-state index contributed by atoms with van der Waals surface area (Å²) in [6, 6.07) is 8.61. The van der Waals surface area contributed by atoms with Crippen LogP contribution in [0.2, 0.25) is 0 Å². The zero-order valence-electron chi connectivity index (χ0n) is 14.8. The van der Waals surface area contributed by atoms with E-state index >= 15 is 0 Å². The second-order valence-electron chi connectivity index (χ2n) is 6.95. The van der Waals surface area contributed by atoms with Crippen LogP contribution in [0.15, 0.2) is 54.1 Å². The summed E-state index contributed by atoms with van der Waals surface area (Å²) in [5.74, 6) is -0.766. The number of carboxylic acids is 1. The lowest BCUT2D eigenvalue weighted by atomic mass is 9.95. The van der Waals surface area contributed by atoms with Gasteiger partial charge >= 0.3 is 12.1 Å². The third-order valence-corrected chi connectivity index (χ3v) is 5.03. The van der Waals surface area contributed by atoms with Crippen molar-refractivity contribution in [3.63, 3.8) is 0 Å². The molecular weight excluding hydrogens is 330 g/mol. The van der Waals surface area contributed by atoms with Crippen molar-refractivity contribution in [2.24, 2.45) is 5.92 Å². The van der Waals surface area contributed by atoms with Crippen molar-refractivity contribution in [2.45, 2.75) is 44.8 Å². The Morgan fingerprint density at radius 2 is 2.00 bits per heavy atom. The molecule has 2 atom stereocenters. The molecule has 5 heteroatoms. The van der Waals surface area contributed by atoms with Gasteiger partial charge in [0.05, 0.1) is 0 Å². The number of aliphatic carboxylic acids is 1. The van der Waals surface area contributed by atoms with Crippen LogP contribution in [0.5, 0.6) is 0 Å². The lowest BCUT2D eigenvalue weighted by molar-refractivity contribution is -0.141. The molecule has 1 heterocycles. The highest BCUT2D eigenvalue weighted by Gasteiger charge is 2.40. The molecule has 0 saturated carbocycles. The molecule has 1 unspecified atom stereocenters. The molecule has 0 radical (unpaired) electrons. The number of amides is 1. The number of carbonyl (C=O) groups is 2. The van der Waals surface area contributed by atoms with E-state index in [0.717, 1.165) is 31.2 Å². The molecule has 2 aliphatic rings.